The molecule has 0 amide bonds. The lowest BCUT2D eigenvalue weighted by Gasteiger charge is -2.36. The molecule has 0 saturated carbocycles. The van der Waals surface area contributed by atoms with E-state index in [4.69, 9.17) is 11.5 Å². The van der Waals surface area contributed by atoms with Crippen LogP contribution in [-0.2, 0) is 6.18 Å². The molecule has 196 valence electrons. The molecule has 4 rings (SSSR count). The van der Waals surface area contributed by atoms with E-state index in [1.807, 2.05) is 24.3 Å². The Morgan fingerprint density at radius 3 is 2.33 bits per heavy atom. The fourth-order valence-electron chi connectivity index (χ4n) is 4.58. The number of rotatable bonds is 10. The predicted octanol–water partition coefficient (Wildman–Crippen LogP) is 3.71. The molecule has 0 aromatic heterocycles. The number of hydrogen-bond acceptors (Lipinski definition) is 7. The van der Waals surface area contributed by atoms with Gasteiger partial charge in [-0.1, -0.05) is 30.5 Å². The number of alkyl halides is 3. The number of halogens is 3. The molecule has 1 fully saturated rings. The van der Waals surface area contributed by atoms with Crippen molar-refractivity contribution in [1.29, 1.82) is 0 Å². The van der Waals surface area contributed by atoms with E-state index in [2.05, 4.69) is 26.6 Å². The van der Waals surface area contributed by atoms with Crippen molar-refractivity contribution in [1.82, 2.24) is 15.1 Å². The maximum atomic E-state index is 13.4. The average molecular weight is 521 g/mol. The molecule has 36 heavy (non-hydrogen) atoms. The lowest BCUT2D eigenvalue weighted by atomic mass is 10.1. The highest BCUT2D eigenvalue weighted by atomic mass is 32.2. The molecule has 1 atom stereocenters. The Morgan fingerprint density at radius 1 is 0.972 bits per heavy atom. The Hall–Kier alpha value is -2.24. The second-order valence-corrected chi connectivity index (χ2v) is 10.3. The normalized spacial score (nSPS) is 17.4. The van der Waals surface area contributed by atoms with E-state index in [0.29, 0.717) is 18.8 Å². The van der Waals surface area contributed by atoms with Crippen molar-refractivity contribution in [2.45, 2.75) is 28.4 Å². The van der Waals surface area contributed by atoms with E-state index >= 15 is 0 Å². The summed E-state index contributed by atoms with van der Waals surface area (Å²) in [5.41, 5.74) is 13.2. The molecule has 2 aliphatic rings. The number of fused-ring (bicyclic) bond motifs is 2. The molecule has 1 saturated heterocycles. The predicted molar refractivity (Wildman–Crippen MR) is 141 cm³/mol. The van der Waals surface area contributed by atoms with E-state index in [0.717, 1.165) is 73.4 Å². The Labute approximate surface area is 215 Å². The summed E-state index contributed by atoms with van der Waals surface area (Å²) in [6.45, 7) is 11.5. The second kappa shape index (κ2) is 11.9. The van der Waals surface area contributed by atoms with Crippen LogP contribution in [0.2, 0.25) is 0 Å². The standard InChI is InChI=1S/C26H35F3N6S/c1-19(21(31)18-30)32-9-12-34-15-13-33(14-16-34)10-4-11-35-22-5-2-3-6-24(22)36-25-8-7-20(17-23(25)35)26(27,28)29/h2-3,5-8,17,21,32H,1,4,9-16,18,30-31H2. The third kappa shape index (κ3) is 6.54. The van der Waals surface area contributed by atoms with E-state index in [1.54, 1.807) is 6.07 Å². The molecule has 2 aromatic rings. The fourth-order valence-corrected chi connectivity index (χ4v) is 5.66. The van der Waals surface area contributed by atoms with Gasteiger partial charge in [-0.25, -0.2) is 0 Å². The van der Waals surface area contributed by atoms with Gasteiger partial charge in [0.1, 0.15) is 0 Å². The zero-order valence-electron chi connectivity index (χ0n) is 20.4. The van der Waals surface area contributed by atoms with Gasteiger partial charge in [0.05, 0.1) is 23.0 Å². The zero-order chi connectivity index (χ0) is 25.7. The summed E-state index contributed by atoms with van der Waals surface area (Å²) in [5.74, 6) is 0. The van der Waals surface area contributed by atoms with Gasteiger partial charge < -0.3 is 26.6 Å². The summed E-state index contributed by atoms with van der Waals surface area (Å²) in [4.78, 5) is 8.83. The van der Waals surface area contributed by atoms with Gasteiger partial charge in [-0.3, -0.25) is 4.90 Å². The molecule has 10 heteroatoms. The molecule has 2 heterocycles. The van der Waals surface area contributed by atoms with Crippen molar-refractivity contribution in [3.63, 3.8) is 0 Å². The maximum absolute atomic E-state index is 13.4. The maximum Gasteiger partial charge on any atom is 0.416 e. The average Bonchev–Trinajstić information content (AvgIpc) is 2.87. The quantitative estimate of drug-likeness (QED) is 0.441. The van der Waals surface area contributed by atoms with Crippen LogP contribution in [0.5, 0.6) is 0 Å². The van der Waals surface area contributed by atoms with Crippen molar-refractivity contribution >= 4 is 23.1 Å². The Kier molecular flexibility index (Phi) is 8.84. The van der Waals surface area contributed by atoms with E-state index in [9.17, 15) is 13.2 Å². The Morgan fingerprint density at radius 2 is 1.64 bits per heavy atom. The van der Waals surface area contributed by atoms with E-state index < -0.39 is 11.7 Å². The highest BCUT2D eigenvalue weighted by molar-refractivity contribution is 7.99. The van der Waals surface area contributed by atoms with Crippen LogP contribution in [-0.4, -0.2) is 74.7 Å². The van der Waals surface area contributed by atoms with Crippen LogP contribution in [0.25, 0.3) is 0 Å². The Bertz CT molecular complexity index is 1040. The van der Waals surface area contributed by atoms with Crippen LogP contribution in [0, 0.1) is 0 Å². The highest BCUT2D eigenvalue weighted by Crippen LogP contribution is 2.49. The van der Waals surface area contributed by atoms with Crippen LogP contribution < -0.4 is 21.7 Å². The fraction of sp³-hybridized carbons (Fsp3) is 0.462. The van der Waals surface area contributed by atoms with Gasteiger partial charge in [0.25, 0.3) is 0 Å². The van der Waals surface area contributed by atoms with Crippen LogP contribution >= 0.6 is 11.8 Å². The summed E-state index contributed by atoms with van der Waals surface area (Å²) in [6, 6.07) is 11.8. The molecule has 0 bridgehead atoms. The summed E-state index contributed by atoms with van der Waals surface area (Å²) in [6.07, 6.45) is -3.49. The largest absolute Gasteiger partial charge is 0.416 e. The number of piperazine rings is 1. The Balaban J connectivity index is 1.30. The summed E-state index contributed by atoms with van der Waals surface area (Å²) < 4.78 is 40.3. The monoisotopic (exact) mass is 520 g/mol. The van der Waals surface area contributed by atoms with Gasteiger partial charge in [-0.05, 0) is 43.3 Å². The minimum atomic E-state index is -4.36. The molecule has 5 N–H and O–H groups in total. The van der Waals surface area contributed by atoms with E-state index in [1.165, 1.54) is 23.9 Å². The van der Waals surface area contributed by atoms with Crippen LogP contribution in [0.15, 0.2) is 64.5 Å². The third-order valence-electron chi connectivity index (χ3n) is 6.76. The lowest BCUT2D eigenvalue weighted by Crippen LogP contribution is -2.49. The number of hydrogen-bond donors (Lipinski definition) is 3. The number of nitrogens with two attached hydrogens (primary N) is 2. The van der Waals surface area contributed by atoms with E-state index in [-0.39, 0.29) is 6.04 Å². The number of nitrogens with one attached hydrogen (secondary N) is 1. The van der Waals surface area contributed by atoms with Gasteiger partial charge in [0, 0.05) is 67.8 Å². The summed E-state index contributed by atoms with van der Waals surface area (Å²) in [5, 5.41) is 3.26. The topological polar surface area (TPSA) is 73.8 Å². The van der Waals surface area contributed by atoms with Crippen molar-refractivity contribution in [2.24, 2.45) is 11.5 Å². The number of nitrogens with zero attached hydrogens (tertiary/aromatic N) is 3. The van der Waals surface area contributed by atoms with Gasteiger partial charge in [-0.2, -0.15) is 13.2 Å². The summed E-state index contributed by atoms with van der Waals surface area (Å²) >= 11 is 1.53. The van der Waals surface area contributed by atoms with Crippen molar-refractivity contribution < 1.29 is 13.2 Å². The zero-order valence-corrected chi connectivity index (χ0v) is 21.3. The van der Waals surface area contributed by atoms with Gasteiger partial charge in [-0.15, -0.1) is 0 Å². The summed E-state index contributed by atoms with van der Waals surface area (Å²) in [7, 11) is 0. The first kappa shape index (κ1) is 26.8. The highest BCUT2D eigenvalue weighted by Gasteiger charge is 2.33. The first-order chi connectivity index (χ1) is 17.3. The smallest absolute Gasteiger partial charge is 0.386 e. The van der Waals surface area contributed by atoms with Gasteiger partial charge >= 0.3 is 6.18 Å². The van der Waals surface area contributed by atoms with Crippen molar-refractivity contribution in [3.05, 3.63) is 60.3 Å². The van der Waals surface area contributed by atoms with Gasteiger partial charge in [0.15, 0.2) is 0 Å². The second-order valence-electron chi connectivity index (χ2n) is 9.23. The van der Waals surface area contributed by atoms with Crippen molar-refractivity contribution in [3.8, 4) is 0 Å². The molecule has 0 spiro atoms. The lowest BCUT2D eigenvalue weighted by molar-refractivity contribution is -0.137. The van der Waals surface area contributed by atoms with Gasteiger partial charge in [0.2, 0.25) is 0 Å². The molecule has 0 radical (unpaired) electrons. The molecular formula is C26H35F3N6S. The minimum absolute atomic E-state index is 0.223. The molecule has 6 nitrogen and oxygen atoms in total. The minimum Gasteiger partial charge on any atom is -0.386 e. The molecule has 1 unspecified atom stereocenters. The third-order valence-corrected chi connectivity index (χ3v) is 7.89. The number of para-hydroxylation sites is 1. The molecular weight excluding hydrogens is 485 g/mol. The van der Waals surface area contributed by atoms with Crippen LogP contribution in [0.1, 0.15) is 12.0 Å². The van der Waals surface area contributed by atoms with Crippen LogP contribution in [0.4, 0.5) is 24.5 Å². The molecule has 2 aromatic carbocycles. The van der Waals surface area contributed by atoms with Crippen LogP contribution in [0.3, 0.4) is 0 Å². The number of anilines is 2. The SMILES string of the molecule is C=C(NCCN1CCN(CCCN2c3ccccc3Sc3ccc(C(F)(F)F)cc32)CC1)C(N)CN. The molecule has 0 aliphatic carbocycles. The molecule has 2 aliphatic heterocycles. The first-order valence-electron chi connectivity index (χ1n) is 12.3. The van der Waals surface area contributed by atoms with Crippen molar-refractivity contribution in [2.75, 3.05) is 63.8 Å². The first-order valence-corrected chi connectivity index (χ1v) is 13.2. The number of benzene rings is 2.